The van der Waals surface area contributed by atoms with E-state index in [1.54, 1.807) is 25.3 Å². The van der Waals surface area contributed by atoms with Gasteiger partial charge in [-0.05, 0) is 25.0 Å². The van der Waals surface area contributed by atoms with Crippen molar-refractivity contribution in [3.05, 3.63) is 29.6 Å². The minimum atomic E-state index is -0.281. The number of aromatic nitrogens is 1. The molecular weight excluding hydrogens is 282 g/mol. The zero-order valence-electron chi connectivity index (χ0n) is 13.4. The normalized spacial score (nSPS) is 10.3. The van der Waals surface area contributed by atoms with Crippen molar-refractivity contribution in [2.45, 2.75) is 32.6 Å². The van der Waals surface area contributed by atoms with Crippen molar-refractivity contribution in [1.82, 2.24) is 15.6 Å². The highest BCUT2D eigenvalue weighted by molar-refractivity contribution is 5.96. The highest BCUT2D eigenvalue weighted by Gasteiger charge is 2.11. The van der Waals surface area contributed by atoms with Crippen LogP contribution in [0.15, 0.2) is 18.2 Å². The lowest BCUT2D eigenvalue weighted by molar-refractivity contribution is 0.0941. The number of rotatable bonds is 10. The van der Waals surface area contributed by atoms with Crippen LogP contribution in [0.1, 0.15) is 53.6 Å². The SMILES string of the molecule is CCCCCNC(=O)c1cccc(C(=O)NCCCOC)n1. The van der Waals surface area contributed by atoms with Crippen LogP contribution in [-0.2, 0) is 4.74 Å². The van der Waals surface area contributed by atoms with Gasteiger partial charge in [-0.15, -0.1) is 0 Å². The highest BCUT2D eigenvalue weighted by Crippen LogP contribution is 2.00. The topological polar surface area (TPSA) is 80.3 Å². The Kier molecular flexibility index (Phi) is 8.83. The number of amides is 2. The predicted molar refractivity (Wildman–Crippen MR) is 84.9 cm³/mol. The summed E-state index contributed by atoms with van der Waals surface area (Å²) in [5.41, 5.74) is 0.514. The second kappa shape index (κ2) is 10.7. The Balaban J connectivity index is 2.50. The first-order valence-electron chi connectivity index (χ1n) is 7.71. The van der Waals surface area contributed by atoms with E-state index in [4.69, 9.17) is 4.74 Å². The monoisotopic (exact) mass is 307 g/mol. The van der Waals surface area contributed by atoms with Crippen molar-refractivity contribution in [3.8, 4) is 0 Å². The Bertz CT molecular complexity index is 438. The molecule has 0 aliphatic rings. The molecule has 0 saturated carbocycles. The fourth-order valence-electron chi connectivity index (χ4n) is 1.86. The minimum Gasteiger partial charge on any atom is -0.385 e. The van der Waals surface area contributed by atoms with E-state index in [-0.39, 0.29) is 23.2 Å². The van der Waals surface area contributed by atoms with Crippen LogP contribution in [0, 0.1) is 0 Å². The summed E-state index contributed by atoms with van der Waals surface area (Å²) in [7, 11) is 1.62. The van der Waals surface area contributed by atoms with Crippen LogP contribution in [-0.4, -0.2) is 43.6 Å². The highest BCUT2D eigenvalue weighted by atomic mass is 16.5. The quantitative estimate of drug-likeness (QED) is 0.646. The molecule has 0 aromatic carbocycles. The van der Waals surface area contributed by atoms with E-state index in [2.05, 4.69) is 22.5 Å². The lowest BCUT2D eigenvalue weighted by atomic mass is 10.2. The van der Waals surface area contributed by atoms with Crippen LogP contribution in [0.4, 0.5) is 0 Å². The van der Waals surface area contributed by atoms with Gasteiger partial charge in [0.25, 0.3) is 11.8 Å². The van der Waals surface area contributed by atoms with Gasteiger partial charge in [0, 0.05) is 26.8 Å². The maximum atomic E-state index is 12.0. The largest absolute Gasteiger partial charge is 0.385 e. The molecule has 0 radical (unpaired) electrons. The van der Waals surface area contributed by atoms with Crippen molar-refractivity contribution in [2.75, 3.05) is 26.8 Å². The molecule has 1 heterocycles. The van der Waals surface area contributed by atoms with Gasteiger partial charge in [-0.25, -0.2) is 4.98 Å². The number of unbranched alkanes of at least 4 members (excludes halogenated alkanes) is 2. The molecule has 0 aliphatic carbocycles. The van der Waals surface area contributed by atoms with E-state index < -0.39 is 0 Å². The van der Waals surface area contributed by atoms with Gasteiger partial charge < -0.3 is 15.4 Å². The summed E-state index contributed by atoms with van der Waals surface area (Å²) in [5.74, 6) is -0.526. The van der Waals surface area contributed by atoms with Gasteiger partial charge in [-0.2, -0.15) is 0 Å². The van der Waals surface area contributed by atoms with Gasteiger partial charge in [0.2, 0.25) is 0 Å². The molecule has 1 aromatic rings. The molecule has 6 heteroatoms. The van der Waals surface area contributed by atoms with Crippen LogP contribution < -0.4 is 10.6 Å². The van der Waals surface area contributed by atoms with E-state index in [1.807, 2.05) is 0 Å². The molecule has 2 amide bonds. The Morgan fingerprint density at radius 2 is 1.64 bits per heavy atom. The molecule has 1 rings (SSSR count). The fourth-order valence-corrected chi connectivity index (χ4v) is 1.86. The summed E-state index contributed by atoms with van der Waals surface area (Å²) in [5, 5.41) is 5.56. The molecule has 6 nitrogen and oxygen atoms in total. The number of pyridine rings is 1. The summed E-state index contributed by atoms with van der Waals surface area (Å²) in [6.07, 6.45) is 3.87. The van der Waals surface area contributed by atoms with Crippen LogP contribution >= 0.6 is 0 Å². The Morgan fingerprint density at radius 3 is 2.18 bits per heavy atom. The molecule has 0 atom stereocenters. The standard InChI is InChI=1S/C16H25N3O3/c1-3-4-5-10-17-15(20)13-8-6-9-14(19-13)16(21)18-11-7-12-22-2/h6,8-9H,3-5,7,10-12H2,1-2H3,(H,17,20)(H,18,21). The third-order valence-electron chi connectivity index (χ3n) is 3.09. The lowest BCUT2D eigenvalue weighted by Crippen LogP contribution is -2.28. The number of hydrogen-bond donors (Lipinski definition) is 2. The number of carbonyl (C=O) groups excluding carboxylic acids is 2. The van der Waals surface area contributed by atoms with E-state index >= 15 is 0 Å². The average Bonchev–Trinajstić information content (AvgIpc) is 2.55. The molecular formula is C16H25N3O3. The van der Waals surface area contributed by atoms with E-state index in [0.29, 0.717) is 19.7 Å². The number of nitrogens with one attached hydrogen (secondary N) is 2. The number of nitrogens with zero attached hydrogens (tertiary/aromatic N) is 1. The minimum absolute atomic E-state index is 0.245. The maximum absolute atomic E-state index is 12.0. The molecule has 22 heavy (non-hydrogen) atoms. The molecule has 0 bridgehead atoms. The first-order chi connectivity index (χ1) is 10.7. The number of ether oxygens (including phenoxy) is 1. The fraction of sp³-hybridized carbons (Fsp3) is 0.562. The molecule has 122 valence electrons. The third kappa shape index (κ3) is 6.67. The van der Waals surface area contributed by atoms with E-state index in [1.165, 1.54) is 0 Å². The van der Waals surface area contributed by atoms with Gasteiger partial charge in [0.05, 0.1) is 0 Å². The predicted octanol–water partition coefficient (Wildman–Crippen LogP) is 1.77. The van der Waals surface area contributed by atoms with Gasteiger partial charge in [0.15, 0.2) is 0 Å². The molecule has 2 N–H and O–H groups in total. The lowest BCUT2D eigenvalue weighted by Gasteiger charge is -2.07. The maximum Gasteiger partial charge on any atom is 0.269 e. The van der Waals surface area contributed by atoms with Crippen molar-refractivity contribution in [1.29, 1.82) is 0 Å². The Morgan fingerprint density at radius 1 is 1.05 bits per heavy atom. The smallest absolute Gasteiger partial charge is 0.269 e. The Hall–Kier alpha value is -1.95. The van der Waals surface area contributed by atoms with E-state index in [0.717, 1.165) is 25.7 Å². The number of hydrogen-bond acceptors (Lipinski definition) is 4. The molecule has 0 fully saturated rings. The second-order valence-corrected chi connectivity index (χ2v) is 4.97. The van der Waals surface area contributed by atoms with Gasteiger partial charge in [0.1, 0.15) is 11.4 Å². The first kappa shape index (κ1) is 18.1. The van der Waals surface area contributed by atoms with Crippen molar-refractivity contribution < 1.29 is 14.3 Å². The molecule has 1 aromatic heterocycles. The molecule has 0 saturated heterocycles. The van der Waals surface area contributed by atoms with Crippen LogP contribution in [0.3, 0.4) is 0 Å². The molecule has 0 spiro atoms. The van der Waals surface area contributed by atoms with Gasteiger partial charge in [-0.3, -0.25) is 9.59 Å². The second-order valence-electron chi connectivity index (χ2n) is 4.97. The van der Waals surface area contributed by atoms with Crippen LogP contribution in [0.25, 0.3) is 0 Å². The first-order valence-corrected chi connectivity index (χ1v) is 7.71. The summed E-state index contributed by atoms with van der Waals surface area (Å²) in [6, 6.07) is 4.87. The van der Waals surface area contributed by atoms with Crippen molar-refractivity contribution >= 4 is 11.8 Å². The van der Waals surface area contributed by atoms with Crippen LogP contribution in [0.2, 0.25) is 0 Å². The van der Waals surface area contributed by atoms with Crippen molar-refractivity contribution in [2.24, 2.45) is 0 Å². The van der Waals surface area contributed by atoms with Gasteiger partial charge in [-0.1, -0.05) is 25.8 Å². The number of carbonyl (C=O) groups is 2. The van der Waals surface area contributed by atoms with Crippen molar-refractivity contribution in [3.63, 3.8) is 0 Å². The van der Waals surface area contributed by atoms with Gasteiger partial charge >= 0.3 is 0 Å². The zero-order chi connectivity index (χ0) is 16.2. The summed E-state index contributed by atoms with van der Waals surface area (Å²) in [4.78, 5) is 28.0. The Labute approximate surface area is 131 Å². The van der Waals surface area contributed by atoms with Crippen LogP contribution in [0.5, 0.6) is 0 Å². The number of methoxy groups -OCH3 is 1. The summed E-state index contributed by atoms with van der Waals surface area (Å²) in [6.45, 7) is 3.84. The third-order valence-corrected chi connectivity index (χ3v) is 3.09. The molecule has 0 aliphatic heterocycles. The average molecular weight is 307 g/mol. The zero-order valence-corrected chi connectivity index (χ0v) is 13.4. The summed E-state index contributed by atoms with van der Waals surface area (Å²) >= 11 is 0. The summed E-state index contributed by atoms with van der Waals surface area (Å²) < 4.78 is 4.91. The molecule has 0 unspecified atom stereocenters. The van der Waals surface area contributed by atoms with E-state index in [9.17, 15) is 9.59 Å².